The number of aromatic nitrogens is 1. The van der Waals surface area contributed by atoms with E-state index < -0.39 is 23.5 Å². The highest BCUT2D eigenvalue weighted by Crippen LogP contribution is 2.35. The van der Waals surface area contributed by atoms with E-state index >= 15 is 0 Å². The van der Waals surface area contributed by atoms with Gasteiger partial charge in [0.2, 0.25) is 5.89 Å². The third kappa shape index (κ3) is 3.72. The summed E-state index contributed by atoms with van der Waals surface area (Å²) in [4.78, 5) is 15.2. The van der Waals surface area contributed by atoms with Gasteiger partial charge < -0.3 is 14.3 Å². The Morgan fingerprint density at radius 2 is 2.04 bits per heavy atom. The molecule has 0 amide bonds. The van der Waals surface area contributed by atoms with Gasteiger partial charge in [0.1, 0.15) is 23.6 Å². The van der Waals surface area contributed by atoms with E-state index in [0.717, 1.165) is 0 Å². The van der Waals surface area contributed by atoms with Crippen molar-refractivity contribution in [2.24, 2.45) is 0 Å². The number of methoxy groups -OCH3 is 1. The smallest absolute Gasteiger partial charge is 0.304 e. The Balaban J connectivity index is 2.11. The first kappa shape index (κ1) is 17.6. The summed E-state index contributed by atoms with van der Waals surface area (Å²) < 4.78 is 38.1. The maximum absolute atomic E-state index is 14.3. The number of ether oxygens (including phenoxy) is 1. The molecule has 0 aliphatic heterocycles. The Kier molecular flexibility index (Phi) is 4.97. The van der Waals surface area contributed by atoms with Gasteiger partial charge in [-0.2, -0.15) is 0 Å². The van der Waals surface area contributed by atoms with Gasteiger partial charge in [-0.3, -0.25) is 4.79 Å². The number of hydrogen-bond donors (Lipinski definition) is 1. The van der Waals surface area contributed by atoms with Crippen LogP contribution in [0.1, 0.15) is 23.8 Å². The third-order valence-electron chi connectivity index (χ3n) is 3.93. The molecule has 5 nitrogen and oxygen atoms in total. The fourth-order valence-electron chi connectivity index (χ4n) is 2.80. The van der Waals surface area contributed by atoms with Crippen LogP contribution >= 0.6 is 0 Å². The summed E-state index contributed by atoms with van der Waals surface area (Å²) in [7, 11) is 1.39. The molecular weight excluding hydrogens is 344 g/mol. The lowest BCUT2D eigenvalue weighted by molar-refractivity contribution is -0.137. The number of aliphatic carboxylic acids is 1. The van der Waals surface area contributed by atoms with Crippen LogP contribution in [-0.4, -0.2) is 23.2 Å². The standard InChI is InChI=1S/C19H15F2NO4/c1-25-17-9-13(20)2-3-15(17)11-6-12(8-14(21)7-11)16(10-18(23)24)19-22-4-5-26-19/h2-9,16H,10H2,1H3,(H,23,24). The summed E-state index contributed by atoms with van der Waals surface area (Å²) in [5, 5.41) is 9.19. The first-order chi connectivity index (χ1) is 12.5. The number of benzene rings is 2. The molecule has 0 aliphatic carbocycles. The van der Waals surface area contributed by atoms with Crippen molar-refractivity contribution in [1.82, 2.24) is 4.98 Å². The lowest BCUT2D eigenvalue weighted by Crippen LogP contribution is -2.09. The Morgan fingerprint density at radius 1 is 1.23 bits per heavy atom. The molecule has 2 aromatic carbocycles. The van der Waals surface area contributed by atoms with E-state index in [1.165, 1.54) is 49.9 Å². The monoisotopic (exact) mass is 359 g/mol. The lowest BCUT2D eigenvalue weighted by Gasteiger charge is -2.15. The second-order valence-corrected chi connectivity index (χ2v) is 5.64. The molecule has 0 saturated heterocycles. The van der Waals surface area contributed by atoms with Gasteiger partial charge in [-0.15, -0.1) is 0 Å². The summed E-state index contributed by atoms with van der Waals surface area (Å²) in [6.07, 6.45) is 2.41. The van der Waals surface area contributed by atoms with Crippen LogP contribution in [0.5, 0.6) is 5.75 Å². The molecule has 3 aromatic rings. The second kappa shape index (κ2) is 7.35. The summed E-state index contributed by atoms with van der Waals surface area (Å²) in [5.74, 6) is -2.46. The molecule has 134 valence electrons. The second-order valence-electron chi connectivity index (χ2n) is 5.64. The predicted molar refractivity (Wildman–Crippen MR) is 88.9 cm³/mol. The van der Waals surface area contributed by atoms with Gasteiger partial charge in [-0.1, -0.05) is 0 Å². The molecule has 0 saturated carbocycles. The fourth-order valence-corrected chi connectivity index (χ4v) is 2.80. The number of nitrogens with zero attached hydrogens (tertiary/aromatic N) is 1. The van der Waals surface area contributed by atoms with Crippen molar-refractivity contribution in [3.8, 4) is 16.9 Å². The molecule has 0 bridgehead atoms. The van der Waals surface area contributed by atoms with Crippen LogP contribution in [-0.2, 0) is 4.79 Å². The van der Waals surface area contributed by atoms with Crippen molar-refractivity contribution in [2.75, 3.05) is 7.11 Å². The Labute approximate surface area is 147 Å². The molecule has 1 heterocycles. The minimum Gasteiger partial charge on any atom is -0.496 e. The zero-order valence-electron chi connectivity index (χ0n) is 13.8. The molecule has 1 unspecified atom stereocenters. The van der Waals surface area contributed by atoms with Crippen LogP contribution < -0.4 is 4.74 Å². The Morgan fingerprint density at radius 3 is 2.69 bits per heavy atom. The number of halogens is 2. The van der Waals surface area contributed by atoms with Crippen molar-refractivity contribution >= 4 is 5.97 Å². The first-order valence-electron chi connectivity index (χ1n) is 7.73. The van der Waals surface area contributed by atoms with Crippen molar-refractivity contribution in [1.29, 1.82) is 0 Å². The zero-order chi connectivity index (χ0) is 18.7. The number of hydrogen-bond acceptors (Lipinski definition) is 4. The van der Waals surface area contributed by atoms with E-state index in [9.17, 15) is 18.7 Å². The quantitative estimate of drug-likeness (QED) is 0.713. The number of carboxylic acids is 1. The van der Waals surface area contributed by atoms with E-state index in [2.05, 4.69) is 4.98 Å². The van der Waals surface area contributed by atoms with Crippen LogP contribution in [0.15, 0.2) is 53.3 Å². The summed E-state index contributed by atoms with van der Waals surface area (Å²) in [6, 6.07) is 8.04. The summed E-state index contributed by atoms with van der Waals surface area (Å²) >= 11 is 0. The minimum absolute atomic E-state index is 0.176. The average molecular weight is 359 g/mol. The Hall–Kier alpha value is -3.22. The molecule has 7 heteroatoms. The molecule has 1 aromatic heterocycles. The van der Waals surface area contributed by atoms with Crippen molar-refractivity contribution < 1.29 is 27.8 Å². The molecular formula is C19H15F2NO4. The van der Waals surface area contributed by atoms with E-state index in [4.69, 9.17) is 9.15 Å². The first-order valence-corrected chi connectivity index (χ1v) is 7.73. The van der Waals surface area contributed by atoms with Gasteiger partial charge in [0, 0.05) is 11.6 Å². The van der Waals surface area contributed by atoms with Crippen LogP contribution in [0.4, 0.5) is 8.78 Å². The third-order valence-corrected chi connectivity index (χ3v) is 3.93. The molecule has 26 heavy (non-hydrogen) atoms. The Bertz CT molecular complexity index is 925. The predicted octanol–water partition coefficient (Wildman–Crippen LogP) is 4.24. The van der Waals surface area contributed by atoms with E-state index in [1.807, 2.05) is 0 Å². The van der Waals surface area contributed by atoms with Crippen LogP contribution in [0.25, 0.3) is 11.1 Å². The number of oxazole rings is 1. The minimum atomic E-state index is -1.07. The largest absolute Gasteiger partial charge is 0.496 e. The molecule has 0 radical (unpaired) electrons. The highest BCUT2D eigenvalue weighted by atomic mass is 19.1. The number of carboxylic acid groups (broad SMARTS) is 1. The van der Waals surface area contributed by atoms with Gasteiger partial charge in [-0.05, 0) is 41.5 Å². The van der Waals surface area contributed by atoms with Gasteiger partial charge in [0.25, 0.3) is 0 Å². The van der Waals surface area contributed by atoms with Crippen LogP contribution in [0.3, 0.4) is 0 Å². The van der Waals surface area contributed by atoms with Crippen molar-refractivity contribution in [3.63, 3.8) is 0 Å². The van der Waals surface area contributed by atoms with E-state index in [0.29, 0.717) is 16.7 Å². The molecule has 0 fully saturated rings. The van der Waals surface area contributed by atoms with Crippen molar-refractivity contribution in [3.05, 3.63) is 71.9 Å². The van der Waals surface area contributed by atoms with E-state index in [-0.39, 0.29) is 18.1 Å². The van der Waals surface area contributed by atoms with Crippen molar-refractivity contribution in [2.45, 2.75) is 12.3 Å². The topological polar surface area (TPSA) is 72.6 Å². The number of rotatable bonds is 6. The normalized spacial score (nSPS) is 12.0. The summed E-state index contributed by atoms with van der Waals surface area (Å²) in [6.45, 7) is 0. The van der Waals surface area contributed by atoms with Gasteiger partial charge >= 0.3 is 5.97 Å². The molecule has 1 atom stereocenters. The highest BCUT2D eigenvalue weighted by Gasteiger charge is 2.23. The van der Waals surface area contributed by atoms with Crippen LogP contribution in [0, 0.1) is 11.6 Å². The van der Waals surface area contributed by atoms with Crippen LogP contribution in [0.2, 0.25) is 0 Å². The molecule has 0 spiro atoms. The van der Waals surface area contributed by atoms with E-state index in [1.54, 1.807) is 6.07 Å². The SMILES string of the molecule is COc1cc(F)ccc1-c1cc(F)cc(C(CC(=O)O)c2ncco2)c1. The average Bonchev–Trinajstić information content (AvgIpc) is 3.13. The molecule has 3 rings (SSSR count). The maximum atomic E-state index is 14.3. The summed E-state index contributed by atoms with van der Waals surface area (Å²) in [5.41, 5.74) is 1.30. The number of carbonyl (C=O) groups is 1. The van der Waals surface area contributed by atoms with Gasteiger partial charge in [0.15, 0.2) is 0 Å². The maximum Gasteiger partial charge on any atom is 0.304 e. The highest BCUT2D eigenvalue weighted by molar-refractivity contribution is 5.72. The molecule has 1 N–H and O–H groups in total. The fraction of sp³-hybridized carbons (Fsp3) is 0.158. The lowest BCUT2D eigenvalue weighted by atomic mass is 9.92. The molecule has 0 aliphatic rings. The van der Waals surface area contributed by atoms with Gasteiger partial charge in [0.05, 0.1) is 25.6 Å². The van der Waals surface area contributed by atoms with Gasteiger partial charge in [-0.25, -0.2) is 13.8 Å². The zero-order valence-corrected chi connectivity index (χ0v) is 13.8.